The zero-order valence-corrected chi connectivity index (χ0v) is 20.6. The van der Waals surface area contributed by atoms with E-state index in [2.05, 4.69) is 42.2 Å². The molecule has 0 radical (unpaired) electrons. The first-order valence-electron chi connectivity index (χ1n) is 11.7. The number of pyridine rings is 1. The van der Waals surface area contributed by atoms with Gasteiger partial charge in [0.2, 0.25) is 11.8 Å². The minimum absolute atomic E-state index is 0.177. The molecule has 184 valence electrons. The number of amides is 1. The van der Waals surface area contributed by atoms with Crippen LogP contribution in [-0.4, -0.2) is 52.1 Å². The van der Waals surface area contributed by atoms with Gasteiger partial charge in [0.15, 0.2) is 5.65 Å². The van der Waals surface area contributed by atoms with Crippen LogP contribution < -0.4 is 10.1 Å². The van der Waals surface area contributed by atoms with Crippen molar-refractivity contribution in [2.75, 3.05) is 12.4 Å². The topological polar surface area (TPSA) is 118 Å². The van der Waals surface area contributed by atoms with Crippen molar-refractivity contribution < 1.29 is 9.53 Å². The lowest BCUT2D eigenvalue weighted by Crippen LogP contribution is -2.16. The molecule has 4 aromatic heterocycles. The normalized spacial score (nSPS) is 12.1. The smallest absolute Gasteiger partial charge is 0.263 e. The molecule has 1 N–H and O–H groups in total. The van der Waals surface area contributed by atoms with Crippen LogP contribution in [0.3, 0.4) is 0 Å². The number of methoxy groups -OCH3 is 1. The molecule has 0 aliphatic rings. The number of nitrogens with zero attached hydrogens (tertiary/aromatic N) is 8. The average molecular weight is 486 g/mol. The predicted molar refractivity (Wildman–Crippen MR) is 134 cm³/mol. The van der Waals surface area contributed by atoms with Crippen LogP contribution in [0.25, 0.3) is 11.2 Å². The van der Waals surface area contributed by atoms with Gasteiger partial charge < -0.3 is 9.30 Å². The van der Waals surface area contributed by atoms with E-state index in [0.717, 1.165) is 22.6 Å². The second kappa shape index (κ2) is 9.61. The van der Waals surface area contributed by atoms with Crippen LogP contribution in [0.1, 0.15) is 47.2 Å². The number of nitrogens with one attached hydrogen (secondary N) is 1. The number of imidazole rings is 1. The fourth-order valence-electron chi connectivity index (χ4n) is 4.28. The number of ether oxygens (including phenoxy) is 1. The van der Waals surface area contributed by atoms with Crippen molar-refractivity contribution >= 4 is 23.0 Å². The van der Waals surface area contributed by atoms with Gasteiger partial charge in [-0.05, 0) is 31.5 Å². The lowest BCUT2D eigenvalue weighted by molar-refractivity contribution is 0.102. The molecule has 1 aromatic carbocycles. The third-order valence-corrected chi connectivity index (χ3v) is 6.00. The molecule has 0 saturated carbocycles. The number of anilines is 1. The van der Waals surface area contributed by atoms with E-state index in [1.807, 2.05) is 51.4 Å². The zero-order valence-electron chi connectivity index (χ0n) is 20.6. The van der Waals surface area contributed by atoms with Gasteiger partial charge in [-0.1, -0.05) is 30.3 Å². The van der Waals surface area contributed by atoms with Crippen molar-refractivity contribution in [1.29, 1.82) is 0 Å². The van der Waals surface area contributed by atoms with Gasteiger partial charge in [0.25, 0.3) is 5.91 Å². The van der Waals surface area contributed by atoms with E-state index < -0.39 is 5.91 Å². The molecular formula is C25H27N9O2. The maximum Gasteiger partial charge on any atom is 0.263 e. The van der Waals surface area contributed by atoms with E-state index in [-0.39, 0.29) is 23.3 Å². The van der Waals surface area contributed by atoms with E-state index in [1.54, 1.807) is 21.8 Å². The van der Waals surface area contributed by atoms with E-state index in [1.165, 1.54) is 7.11 Å². The number of hydrogen-bond donors (Lipinski definition) is 1. The summed E-state index contributed by atoms with van der Waals surface area (Å²) in [7, 11) is 3.37. The lowest BCUT2D eigenvalue weighted by atomic mass is 9.95. The van der Waals surface area contributed by atoms with Crippen LogP contribution in [0.5, 0.6) is 5.88 Å². The van der Waals surface area contributed by atoms with Gasteiger partial charge in [0.1, 0.15) is 17.7 Å². The molecule has 0 aliphatic carbocycles. The Bertz CT molecular complexity index is 1520. The standard InChI is InChI=1S/C25H27N9O2/c1-5-33-15-26-25(31-33)29-23(35)17-14-19-21(28-24(17)36-4)27-22(34(19)6-2)20(16-10-8-7-9-11-16)18-12-13-32(3)30-18/h7-15,20H,5-6H2,1-4H3,(H,29,31,35). The number of benzene rings is 1. The predicted octanol–water partition coefficient (Wildman–Crippen LogP) is 3.24. The molecule has 4 heterocycles. The van der Waals surface area contributed by atoms with Gasteiger partial charge in [0, 0.05) is 26.3 Å². The Balaban J connectivity index is 1.63. The Hall–Kier alpha value is -4.54. The molecule has 36 heavy (non-hydrogen) atoms. The fraction of sp³-hybridized carbons (Fsp3) is 0.280. The summed E-state index contributed by atoms with van der Waals surface area (Å²) in [6, 6.07) is 13.9. The molecule has 1 unspecified atom stereocenters. The van der Waals surface area contributed by atoms with Crippen LogP contribution in [0.4, 0.5) is 5.95 Å². The summed E-state index contributed by atoms with van der Waals surface area (Å²) in [6.45, 7) is 5.26. The quantitative estimate of drug-likeness (QED) is 0.358. The number of aryl methyl sites for hydroxylation is 3. The zero-order chi connectivity index (χ0) is 25.2. The van der Waals surface area contributed by atoms with Gasteiger partial charge in [-0.15, -0.1) is 5.10 Å². The molecule has 0 spiro atoms. The Morgan fingerprint density at radius 3 is 2.53 bits per heavy atom. The summed E-state index contributed by atoms with van der Waals surface area (Å²) in [5.74, 6) is 0.550. The molecule has 0 bridgehead atoms. The molecule has 1 amide bonds. The monoisotopic (exact) mass is 485 g/mol. The van der Waals surface area contributed by atoms with Crippen molar-refractivity contribution in [2.45, 2.75) is 32.9 Å². The summed E-state index contributed by atoms with van der Waals surface area (Å²) >= 11 is 0. The summed E-state index contributed by atoms with van der Waals surface area (Å²) < 4.78 is 10.9. The Morgan fingerprint density at radius 1 is 1.08 bits per heavy atom. The first-order valence-corrected chi connectivity index (χ1v) is 11.7. The molecule has 0 fully saturated rings. The fourth-order valence-corrected chi connectivity index (χ4v) is 4.28. The molecule has 0 aliphatic heterocycles. The molecule has 0 saturated heterocycles. The molecule has 5 rings (SSSR count). The van der Waals surface area contributed by atoms with Gasteiger partial charge in [-0.2, -0.15) is 10.1 Å². The summed E-state index contributed by atoms with van der Waals surface area (Å²) in [6.07, 6.45) is 3.48. The number of hydrogen-bond acceptors (Lipinski definition) is 7. The third kappa shape index (κ3) is 4.19. The van der Waals surface area contributed by atoms with Crippen LogP contribution in [0.2, 0.25) is 0 Å². The van der Waals surface area contributed by atoms with Crippen LogP contribution in [0, 0.1) is 0 Å². The number of carbonyl (C=O) groups excluding carboxylic acids is 1. The number of rotatable bonds is 8. The van der Waals surface area contributed by atoms with Crippen LogP contribution in [0.15, 0.2) is 55.0 Å². The molecule has 11 nitrogen and oxygen atoms in total. The molecule has 5 aromatic rings. The first kappa shape index (κ1) is 23.2. The Morgan fingerprint density at radius 2 is 1.89 bits per heavy atom. The highest BCUT2D eigenvalue weighted by Gasteiger charge is 2.27. The SMILES string of the molecule is CCn1cnc(NC(=O)c2cc3c(nc2OC)nc(C(c2ccccc2)c2ccn(C)n2)n3CC)n1. The van der Waals surface area contributed by atoms with Gasteiger partial charge in [0.05, 0.1) is 24.2 Å². The highest BCUT2D eigenvalue weighted by molar-refractivity contribution is 6.06. The number of aromatic nitrogens is 8. The van der Waals surface area contributed by atoms with Crippen molar-refractivity contribution in [3.05, 3.63) is 77.6 Å². The number of fused-ring (bicyclic) bond motifs is 1. The van der Waals surface area contributed by atoms with E-state index in [0.29, 0.717) is 18.7 Å². The van der Waals surface area contributed by atoms with Crippen LogP contribution >= 0.6 is 0 Å². The second-order valence-corrected chi connectivity index (χ2v) is 8.24. The third-order valence-electron chi connectivity index (χ3n) is 6.00. The second-order valence-electron chi connectivity index (χ2n) is 8.24. The van der Waals surface area contributed by atoms with Crippen molar-refractivity contribution in [1.82, 2.24) is 39.1 Å². The average Bonchev–Trinajstić information content (AvgIpc) is 3.62. The Labute approximate surface area is 207 Å². The van der Waals surface area contributed by atoms with Crippen LogP contribution in [-0.2, 0) is 20.1 Å². The largest absolute Gasteiger partial charge is 0.480 e. The van der Waals surface area contributed by atoms with E-state index in [4.69, 9.17) is 9.72 Å². The van der Waals surface area contributed by atoms with Crippen molar-refractivity contribution in [3.63, 3.8) is 0 Å². The van der Waals surface area contributed by atoms with Gasteiger partial charge >= 0.3 is 0 Å². The van der Waals surface area contributed by atoms with E-state index >= 15 is 0 Å². The highest BCUT2D eigenvalue weighted by atomic mass is 16.5. The molecule has 11 heteroatoms. The van der Waals surface area contributed by atoms with E-state index in [9.17, 15) is 4.79 Å². The maximum atomic E-state index is 13.2. The number of carbonyl (C=O) groups is 1. The van der Waals surface area contributed by atoms with Gasteiger partial charge in [-0.25, -0.2) is 9.97 Å². The lowest BCUT2D eigenvalue weighted by Gasteiger charge is -2.17. The van der Waals surface area contributed by atoms with Crippen molar-refractivity contribution in [2.24, 2.45) is 7.05 Å². The molecular weight excluding hydrogens is 458 g/mol. The summed E-state index contributed by atoms with van der Waals surface area (Å²) in [4.78, 5) is 26.8. The summed E-state index contributed by atoms with van der Waals surface area (Å²) in [5, 5.41) is 11.6. The minimum Gasteiger partial charge on any atom is -0.480 e. The highest BCUT2D eigenvalue weighted by Crippen LogP contribution is 2.33. The minimum atomic E-state index is -0.412. The van der Waals surface area contributed by atoms with Crippen molar-refractivity contribution in [3.8, 4) is 5.88 Å². The molecule has 1 atom stereocenters. The Kier molecular flexibility index (Phi) is 6.19. The van der Waals surface area contributed by atoms with Gasteiger partial charge in [-0.3, -0.25) is 19.5 Å². The maximum absolute atomic E-state index is 13.2. The summed E-state index contributed by atoms with van der Waals surface area (Å²) in [5.41, 5.74) is 3.42. The first-order chi connectivity index (χ1) is 17.5.